The van der Waals surface area contributed by atoms with E-state index in [1.165, 1.54) is 48.5 Å². The normalized spacial score (nSPS) is 12.3. The van der Waals surface area contributed by atoms with Crippen molar-refractivity contribution in [3.63, 3.8) is 0 Å². The highest BCUT2D eigenvalue weighted by atomic mass is 19.4. The van der Waals surface area contributed by atoms with E-state index in [1.54, 1.807) is 48.5 Å². The molecule has 0 aliphatic carbocycles. The van der Waals surface area contributed by atoms with Gasteiger partial charge in [-0.3, -0.25) is 9.59 Å². The molecule has 6 aromatic carbocycles. The smallest absolute Gasteiger partial charge is 0.416 e. The number of ketones is 2. The van der Waals surface area contributed by atoms with Crippen LogP contribution in [0.1, 0.15) is 54.1 Å². The molecule has 0 amide bonds. The lowest BCUT2D eigenvalue weighted by Gasteiger charge is -2.16. The maximum atomic E-state index is 13.4. The van der Waals surface area contributed by atoms with E-state index in [9.17, 15) is 62.3 Å². The predicted octanol–water partition coefficient (Wildman–Crippen LogP) is 13.5. The predicted molar refractivity (Wildman–Crippen MR) is 185 cm³/mol. The molecule has 0 fully saturated rings. The van der Waals surface area contributed by atoms with Crippen LogP contribution in [-0.4, -0.2) is 11.6 Å². The van der Waals surface area contributed by atoms with Crippen LogP contribution < -0.4 is 9.47 Å². The van der Waals surface area contributed by atoms with E-state index in [0.29, 0.717) is 35.4 Å². The third-order valence-electron chi connectivity index (χ3n) is 8.45. The molecule has 0 radical (unpaired) electrons. The summed E-state index contributed by atoms with van der Waals surface area (Å²) in [6.45, 7) is 0. The van der Waals surface area contributed by atoms with Crippen molar-refractivity contribution in [3.8, 4) is 34.1 Å². The van der Waals surface area contributed by atoms with Gasteiger partial charge in [0.15, 0.2) is 11.6 Å². The van der Waals surface area contributed by atoms with E-state index in [4.69, 9.17) is 9.47 Å². The van der Waals surface area contributed by atoms with Gasteiger partial charge >= 0.3 is 24.7 Å². The van der Waals surface area contributed by atoms with Crippen LogP contribution >= 0.6 is 0 Å². The zero-order valence-corrected chi connectivity index (χ0v) is 28.9. The van der Waals surface area contributed by atoms with Crippen molar-refractivity contribution >= 4 is 11.6 Å². The Morgan fingerprint density at radius 2 is 0.621 bits per heavy atom. The summed E-state index contributed by atoms with van der Waals surface area (Å²) in [6, 6.07) is 24.1. The number of benzene rings is 6. The summed E-state index contributed by atoms with van der Waals surface area (Å²) < 4.78 is 172. The summed E-state index contributed by atoms with van der Waals surface area (Å²) in [7, 11) is 0. The first-order valence-corrected chi connectivity index (χ1v) is 16.5. The van der Waals surface area contributed by atoms with E-state index in [-0.39, 0.29) is 46.3 Å². The van der Waals surface area contributed by atoms with Crippen molar-refractivity contribution in [2.75, 3.05) is 0 Å². The molecule has 6 rings (SSSR count). The lowest BCUT2D eigenvalue weighted by atomic mass is 9.98. The van der Waals surface area contributed by atoms with Crippen molar-refractivity contribution in [2.45, 2.75) is 24.7 Å². The van der Waals surface area contributed by atoms with Gasteiger partial charge in [0.1, 0.15) is 23.0 Å². The van der Waals surface area contributed by atoms with Crippen molar-refractivity contribution in [3.05, 3.63) is 178 Å². The second kappa shape index (κ2) is 15.4. The van der Waals surface area contributed by atoms with Gasteiger partial charge in [0.2, 0.25) is 0 Å². The molecule has 6 aromatic rings. The Kier molecular flexibility index (Phi) is 10.9. The van der Waals surface area contributed by atoms with Crippen molar-refractivity contribution in [1.82, 2.24) is 0 Å². The van der Waals surface area contributed by atoms with Crippen LogP contribution in [0.3, 0.4) is 0 Å². The number of carbonyl (C=O) groups is 2. The Bertz CT molecular complexity index is 2240. The fraction of sp³-hybridized carbons (Fsp3) is 0.0952. The van der Waals surface area contributed by atoms with Crippen LogP contribution in [0, 0.1) is 0 Å². The fourth-order valence-corrected chi connectivity index (χ4v) is 5.66. The molecule has 0 aromatic heterocycles. The van der Waals surface area contributed by atoms with E-state index in [1.807, 2.05) is 0 Å². The molecule has 0 saturated heterocycles. The Hall–Kier alpha value is -6.58. The van der Waals surface area contributed by atoms with Gasteiger partial charge in [0.05, 0.1) is 22.3 Å². The minimum atomic E-state index is -5.15. The van der Waals surface area contributed by atoms with Crippen LogP contribution in [0.15, 0.2) is 133 Å². The van der Waals surface area contributed by atoms with Gasteiger partial charge in [-0.15, -0.1) is 0 Å². The summed E-state index contributed by atoms with van der Waals surface area (Å²) in [5.74, 6) is -1.45. The lowest BCUT2D eigenvalue weighted by Crippen LogP contribution is -2.14. The van der Waals surface area contributed by atoms with Crippen molar-refractivity contribution in [1.29, 1.82) is 0 Å². The third kappa shape index (κ3) is 9.33. The number of para-hydroxylation sites is 2. The maximum absolute atomic E-state index is 13.4. The van der Waals surface area contributed by atoms with Gasteiger partial charge < -0.3 is 9.47 Å². The molecule has 0 atom stereocenters. The molecule has 0 N–H and O–H groups in total. The zero-order valence-electron chi connectivity index (χ0n) is 28.9. The first-order chi connectivity index (χ1) is 27.1. The lowest BCUT2D eigenvalue weighted by molar-refractivity contribution is -0.144. The maximum Gasteiger partial charge on any atom is 0.416 e. The molecule has 0 heterocycles. The summed E-state index contributed by atoms with van der Waals surface area (Å²) in [6.07, 6.45) is -20.6. The number of rotatable bonds is 9. The van der Waals surface area contributed by atoms with Crippen LogP contribution in [0.25, 0.3) is 11.1 Å². The number of alkyl halides is 12. The standard InChI is InChI=1S/C42H22F12O4/c43-39(44,45)27-17-25(18-28(21-27)40(46,47)48)37(55)23-9-13-31(14-10-23)57-35-7-3-1-5-33(35)34-6-2-4-8-36(34)58-32-15-11-24(12-16-32)38(56)26-19-29(41(49,50)51)22-30(20-26)42(52,53)54/h1-22H. The molecule has 298 valence electrons. The minimum absolute atomic E-state index is 0.0822. The Labute approximate surface area is 319 Å². The molecular weight excluding hydrogens is 796 g/mol. The third-order valence-corrected chi connectivity index (χ3v) is 8.45. The number of hydrogen-bond donors (Lipinski definition) is 0. The first kappa shape index (κ1) is 41.1. The van der Waals surface area contributed by atoms with Gasteiger partial charge in [-0.1, -0.05) is 36.4 Å². The van der Waals surface area contributed by atoms with Gasteiger partial charge in [-0.2, -0.15) is 52.7 Å². The number of carbonyl (C=O) groups excluding carboxylic acids is 2. The van der Waals surface area contributed by atoms with E-state index < -0.39 is 69.7 Å². The topological polar surface area (TPSA) is 52.6 Å². The van der Waals surface area contributed by atoms with Crippen LogP contribution in [-0.2, 0) is 24.7 Å². The highest BCUT2D eigenvalue weighted by Crippen LogP contribution is 2.41. The van der Waals surface area contributed by atoms with E-state index in [0.717, 1.165) is 0 Å². The summed E-state index contributed by atoms with van der Waals surface area (Å²) in [5, 5.41) is 0. The van der Waals surface area contributed by atoms with Crippen LogP contribution in [0.2, 0.25) is 0 Å². The molecular formula is C42H22F12O4. The Morgan fingerprint density at radius 1 is 0.345 bits per heavy atom. The van der Waals surface area contributed by atoms with Gasteiger partial charge in [0.25, 0.3) is 0 Å². The van der Waals surface area contributed by atoms with E-state index >= 15 is 0 Å². The number of halogens is 12. The Morgan fingerprint density at radius 3 is 0.897 bits per heavy atom. The van der Waals surface area contributed by atoms with Crippen LogP contribution in [0.4, 0.5) is 52.7 Å². The van der Waals surface area contributed by atoms with Crippen molar-refractivity contribution < 1.29 is 71.7 Å². The summed E-state index contributed by atoms with van der Waals surface area (Å²) in [5.41, 5.74) is -7.74. The SMILES string of the molecule is O=C(c1ccc(Oc2ccccc2-c2ccccc2Oc2ccc(C(=O)c3cc(C(F)(F)F)cc(C(F)(F)F)c3)cc2)cc1)c1cc(C(F)(F)F)cc(C(F)(F)F)c1. The average Bonchev–Trinajstić information content (AvgIpc) is 3.17. The largest absolute Gasteiger partial charge is 0.457 e. The highest BCUT2D eigenvalue weighted by Gasteiger charge is 2.39. The van der Waals surface area contributed by atoms with Crippen molar-refractivity contribution in [2.24, 2.45) is 0 Å². The minimum Gasteiger partial charge on any atom is -0.457 e. The summed E-state index contributed by atoms with van der Waals surface area (Å²) in [4.78, 5) is 26.1. The van der Waals surface area contributed by atoms with E-state index in [2.05, 4.69) is 0 Å². The quantitative estimate of drug-likeness (QED) is 0.108. The first-order valence-electron chi connectivity index (χ1n) is 16.5. The Balaban J connectivity index is 1.22. The fourth-order valence-electron chi connectivity index (χ4n) is 5.66. The molecule has 0 aliphatic heterocycles. The monoisotopic (exact) mass is 818 g/mol. The van der Waals surface area contributed by atoms with Crippen LogP contribution in [0.5, 0.6) is 23.0 Å². The number of ether oxygens (including phenoxy) is 2. The molecule has 16 heteroatoms. The molecule has 0 bridgehead atoms. The number of hydrogen-bond acceptors (Lipinski definition) is 4. The van der Waals surface area contributed by atoms with Gasteiger partial charge in [-0.25, -0.2) is 0 Å². The molecule has 0 aliphatic rings. The molecule has 0 saturated carbocycles. The highest BCUT2D eigenvalue weighted by molar-refractivity contribution is 6.10. The second-order valence-corrected chi connectivity index (χ2v) is 12.5. The molecule has 4 nitrogen and oxygen atoms in total. The average molecular weight is 819 g/mol. The molecule has 0 unspecified atom stereocenters. The second-order valence-electron chi connectivity index (χ2n) is 12.5. The summed E-state index contributed by atoms with van der Waals surface area (Å²) >= 11 is 0. The zero-order chi connectivity index (χ0) is 42.2. The van der Waals surface area contributed by atoms with Gasteiger partial charge in [0, 0.05) is 33.4 Å². The molecule has 58 heavy (non-hydrogen) atoms. The molecule has 0 spiro atoms. The van der Waals surface area contributed by atoms with Gasteiger partial charge in [-0.05, 0) is 97.1 Å².